The van der Waals surface area contributed by atoms with Crippen LogP contribution >= 0.6 is 0 Å². The van der Waals surface area contributed by atoms with Crippen molar-refractivity contribution >= 4 is 58.9 Å². The highest BCUT2D eigenvalue weighted by atomic mass is 32.2. The number of hydrogen-bond donors (Lipinski definition) is 4. The van der Waals surface area contributed by atoms with Crippen molar-refractivity contribution < 1.29 is 31.8 Å². The number of carboxylic acids is 1. The predicted molar refractivity (Wildman–Crippen MR) is 132 cm³/mol. The third-order valence-electron chi connectivity index (χ3n) is 5.98. The number of anilines is 2. The van der Waals surface area contributed by atoms with Crippen molar-refractivity contribution in [3.63, 3.8) is 0 Å². The standard InChI is InChI=1S/C12H9NO4S.C12H11NO3S/c14-11(15)6-7-4-5-10-12-8(7)2-1-3-9(12)13-18(10,16)17;14-7-6-8-4-5-11-12-9(8)2-1-3-10(12)13-17(11,15)16/h1-5,13H,6H2,(H,14,15);1-5,13-14H,6-7H2. The molecule has 0 fully saturated rings. The Labute approximate surface area is 201 Å². The Morgan fingerprint density at radius 3 is 1.69 bits per heavy atom. The molecular weight excluding hydrogens is 492 g/mol. The Kier molecular flexibility index (Phi) is 5.42. The van der Waals surface area contributed by atoms with Crippen molar-refractivity contribution in [1.82, 2.24) is 0 Å². The van der Waals surface area contributed by atoms with Gasteiger partial charge >= 0.3 is 5.97 Å². The number of sulfonamides is 2. The molecule has 0 saturated heterocycles. The molecule has 0 bridgehead atoms. The van der Waals surface area contributed by atoms with Crippen molar-refractivity contribution in [1.29, 1.82) is 0 Å². The van der Waals surface area contributed by atoms with Crippen LogP contribution in [-0.2, 0) is 37.7 Å². The number of aliphatic hydroxyl groups is 1. The van der Waals surface area contributed by atoms with Crippen molar-refractivity contribution in [3.05, 3.63) is 71.8 Å². The summed E-state index contributed by atoms with van der Waals surface area (Å²) in [6, 6.07) is 16.9. The molecule has 2 aliphatic heterocycles. The van der Waals surface area contributed by atoms with Crippen LogP contribution in [0.1, 0.15) is 11.1 Å². The van der Waals surface area contributed by atoms with Crippen LogP contribution in [0.3, 0.4) is 0 Å². The topological polar surface area (TPSA) is 150 Å². The number of hydrogen-bond acceptors (Lipinski definition) is 6. The zero-order valence-electron chi connectivity index (χ0n) is 18.1. The molecule has 0 amide bonds. The zero-order valence-corrected chi connectivity index (χ0v) is 19.8. The molecule has 6 rings (SSSR count). The number of aliphatic hydroxyl groups excluding tert-OH is 1. The summed E-state index contributed by atoms with van der Waals surface area (Å²) >= 11 is 0. The van der Waals surface area contributed by atoms with E-state index >= 15 is 0 Å². The van der Waals surface area contributed by atoms with Crippen LogP contribution < -0.4 is 9.44 Å². The molecule has 0 saturated carbocycles. The van der Waals surface area contributed by atoms with E-state index in [0.29, 0.717) is 39.0 Å². The van der Waals surface area contributed by atoms with Crippen LogP contribution in [0.4, 0.5) is 11.4 Å². The highest BCUT2D eigenvalue weighted by molar-refractivity contribution is 7.93. The molecule has 0 spiro atoms. The predicted octanol–water partition coefficient (Wildman–Crippen LogP) is 3.07. The summed E-state index contributed by atoms with van der Waals surface area (Å²) < 4.78 is 52.3. The SMILES string of the molecule is O=C(O)Cc1ccc2c3c(cccc13)NS2(=O)=O.O=S1(=O)Nc2cccc3c(CCO)ccc1c23. The van der Waals surface area contributed by atoms with Crippen LogP contribution in [0.2, 0.25) is 0 Å². The molecule has 9 nitrogen and oxygen atoms in total. The fraction of sp³-hybridized carbons (Fsp3) is 0.125. The minimum atomic E-state index is -3.50. The van der Waals surface area contributed by atoms with E-state index in [-0.39, 0.29) is 17.9 Å². The van der Waals surface area contributed by atoms with Crippen LogP contribution in [0.15, 0.2) is 70.5 Å². The summed E-state index contributed by atoms with van der Waals surface area (Å²) in [5.74, 6) is -0.940. The molecule has 0 aromatic heterocycles. The summed E-state index contributed by atoms with van der Waals surface area (Å²) in [4.78, 5) is 11.3. The lowest BCUT2D eigenvalue weighted by molar-refractivity contribution is -0.136. The molecule has 4 aromatic rings. The molecule has 2 heterocycles. The summed E-state index contributed by atoms with van der Waals surface area (Å²) in [6.45, 7) is 0.0544. The van der Waals surface area contributed by atoms with Crippen molar-refractivity contribution in [2.75, 3.05) is 16.1 Å². The van der Waals surface area contributed by atoms with E-state index in [4.69, 9.17) is 10.2 Å². The van der Waals surface area contributed by atoms with Crippen molar-refractivity contribution in [2.24, 2.45) is 0 Å². The van der Waals surface area contributed by atoms with E-state index in [0.717, 1.165) is 16.3 Å². The second-order valence-electron chi connectivity index (χ2n) is 8.16. The minimum Gasteiger partial charge on any atom is -0.481 e. The lowest BCUT2D eigenvalue weighted by Gasteiger charge is -2.05. The van der Waals surface area contributed by atoms with Gasteiger partial charge in [-0.05, 0) is 52.6 Å². The molecule has 4 N–H and O–H groups in total. The second-order valence-corrected chi connectivity index (χ2v) is 11.5. The first-order chi connectivity index (χ1) is 16.6. The van der Waals surface area contributed by atoms with Crippen LogP contribution in [0, 0.1) is 0 Å². The van der Waals surface area contributed by atoms with E-state index in [9.17, 15) is 21.6 Å². The Balaban J connectivity index is 0.000000145. The first kappa shape index (κ1) is 23.1. The monoisotopic (exact) mass is 512 g/mol. The normalized spacial score (nSPS) is 15.8. The largest absolute Gasteiger partial charge is 0.481 e. The van der Waals surface area contributed by atoms with Gasteiger partial charge in [-0.1, -0.05) is 36.4 Å². The Morgan fingerprint density at radius 1 is 0.714 bits per heavy atom. The van der Waals surface area contributed by atoms with E-state index in [1.165, 1.54) is 6.07 Å². The number of rotatable bonds is 4. The number of aliphatic carboxylic acids is 1. The van der Waals surface area contributed by atoms with E-state index in [1.807, 2.05) is 12.1 Å². The summed E-state index contributed by atoms with van der Waals surface area (Å²) in [6.07, 6.45) is 0.403. The minimum absolute atomic E-state index is 0.0544. The van der Waals surface area contributed by atoms with Gasteiger partial charge in [0, 0.05) is 17.4 Å². The van der Waals surface area contributed by atoms with Gasteiger partial charge in [-0.3, -0.25) is 14.2 Å². The highest BCUT2D eigenvalue weighted by Crippen LogP contribution is 2.39. The average Bonchev–Trinajstić information content (AvgIpc) is 3.22. The van der Waals surface area contributed by atoms with E-state index in [2.05, 4.69) is 9.44 Å². The van der Waals surface area contributed by atoms with Gasteiger partial charge in [0.25, 0.3) is 20.0 Å². The molecular formula is C24H20N2O7S2. The molecule has 0 radical (unpaired) electrons. The summed E-state index contributed by atoms with van der Waals surface area (Å²) in [7, 11) is -6.90. The highest BCUT2D eigenvalue weighted by Gasteiger charge is 2.29. The average molecular weight is 513 g/mol. The smallest absolute Gasteiger partial charge is 0.307 e. The Bertz CT molecular complexity index is 1750. The molecule has 0 atom stereocenters. The quantitative estimate of drug-likeness (QED) is 0.328. The third-order valence-corrected chi connectivity index (χ3v) is 8.79. The number of nitrogens with one attached hydrogen (secondary N) is 2. The first-order valence-corrected chi connectivity index (χ1v) is 13.6. The van der Waals surface area contributed by atoms with Gasteiger partial charge < -0.3 is 10.2 Å². The summed E-state index contributed by atoms with van der Waals surface area (Å²) in [5, 5.41) is 20.7. The summed E-state index contributed by atoms with van der Waals surface area (Å²) in [5.41, 5.74) is 2.71. The van der Waals surface area contributed by atoms with Crippen LogP contribution in [0.25, 0.3) is 21.5 Å². The lowest BCUT2D eigenvalue weighted by atomic mass is 10.0. The number of benzene rings is 4. The second kappa shape index (κ2) is 8.22. The van der Waals surface area contributed by atoms with Crippen LogP contribution in [0.5, 0.6) is 0 Å². The third kappa shape index (κ3) is 3.87. The fourth-order valence-corrected chi connectivity index (χ4v) is 7.15. The maximum absolute atomic E-state index is 11.8. The van der Waals surface area contributed by atoms with E-state index in [1.54, 1.807) is 42.5 Å². The van der Waals surface area contributed by atoms with Gasteiger partial charge in [-0.15, -0.1) is 0 Å². The molecule has 180 valence electrons. The zero-order chi connectivity index (χ0) is 25.0. The van der Waals surface area contributed by atoms with Gasteiger partial charge in [0.2, 0.25) is 0 Å². The first-order valence-electron chi connectivity index (χ1n) is 10.6. The van der Waals surface area contributed by atoms with Gasteiger partial charge in [0.05, 0.1) is 27.6 Å². The van der Waals surface area contributed by atoms with Crippen LogP contribution in [-0.4, -0.2) is 39.6 Å². The number of carboxylic acid groups (broad SMARTS) is 1. The molecule has 0 unspecified atom stereocenters. The van der Waals surface area contributed by atoms with Crippen molar-refractivity contribution in [3.8, 4) is 0 Å². The van der Waals surface area contributed by atoms with Gasteiger partial charge in [-0.25, -0.2) is 16.8 Å². The molecule has 4 aromatic carbocycles. The maximum Gasteiger partial charge on any atom is 0.307 e. The lowest BCUT2D eigenvalue weighted by Crippen LogP contribution is -2.06. The molecule has 2 aliphatic rings. The van der Waals surface area contributed by atoms with Gasteiger partial charge in [0.15, 0.2) is 0 Å². The Morgan fingerprint density at radius 2 is 1.20 bits per heavy atom. The van der Waals surface area contributed by atoms with E-state index < -0.39 is 26.0 Å². The maximum atomic E-state index is 11.8. The molecule has 11 heteroatoms. The van der Waals surface area contributed by atoms with Gasteiger partial charge in [-0.2, -0.15) is 0 Å². The Hall–Kier alpha value is -3.67. The fourth-order valence-electron chi connectivity index (χ4n) is 4.54. The number of carbonyl (C=O) groups is 1. The van der Waals surface area contributed by atoms with Gasteiger partial charge in [0.1, 0.15) is 0 Å². The molecule has 0 aliphatic carbocycles. The van der Waals surface area contributed by atoms with Crippen molar-refractivity contribution in [2.45, 2.75) is 22.6 Å². The molecule has 35 heavy (non-hydrogen) atoms.